The van der Waals surface area contributed by atoms with E-state index in [1.165, 1.54) is 6.08 Å². The Morgan fingerprint density at radius 1 is 1.29 bits per heavy atom. The molecule has 0 bridgehead atoms. The molecular weight excluding hydrogens is 214 g/mol. The number of benzene rings is 1. The fourth-order valence-electron chi connectivity index (χ4n) is 1.30. The lowest BCUT2D eigenvalue weighted by Crippen LogP contribution is -2.21. The predicted octanol–water partition coefficient (Wildman–Crippen LogP) is 2.24. The first-order valence-electron chi connectivity index (χ1n) is 5.93. The zero-order valence-electron chi connectivity index (χ0n) is 10.2. The number of ether oxygens (including phenoxy) is 1. The number of carbonyl (C=O) groups is 1. The number of esters is 1. The molecule has 0 amide bonds. The summed E-state index contributed by atoms with van der Waals surface area (Å²) in [6.07, 6.45) is 4.29. The van der Waals surface area contributed by atoms with Crippen molar-refractivity contribution in [2.45, 2.75) is 13.3 Å². The van der Waals surface area contributed by atoms with Crippen LogP contribution in [0.15, 0.2) is 36.4 Å². The van der Waals surface area contributed by atoms with Gasteiger partial charge >= 0.3 is 5.97 Å². The molecule has 0 atom stereocenters. The van der Waals surface area contributed by atoms with Gasteiger partial charge in [-0.15, -0.1) is 0 Å². The molecule has 0 heterocycles. The minimum atomic E-state index is -0.299. The van der Waals surface area contributed by atoms with Crippen LogP contribution in [0, 0.1) is 0 Å². The molecule has 0 aliphatic rings. The summed E-state index contributed by atoms with van der Waals surface area (Å²) in [5.41, 5.74) is 0.994. The lowest BCUT2D eigenvalue weighted by molar-refractivity contribution is -0.137. The molecule has 17 heavy (non-hydrogen) atoms. The molecule has 0 aliphatic heterocycles. The van der Waals surface area contributed by atoms with Crippen molar-refractivity contribution in [3.05, 3.63) is 42.0 Å². The third-order valence-electron chi connectivity index (χ3n) is 2.16. The second-order valence-corrected chi connectivity index (χ2v) is 3.66. The first kappa shape index (κ1) is 13.5. The summed E-state index contributed by atoms with van der Waals surface area (Å²) in [7, 11) is 0. The molecule has 0 unspecified atom stereocenters. The van der Waals surface area contributed by atoms with E-state index >= 15 is 0 Å². The van der Waals surface area contributed by atoms with Gasteiger partial charge in [-0.05, 0) is 24.6 Å². The van der Waals surface area contributed by atoms with Gasteiger partial charge in [-0.1, -0.05) is 37.3 Å². The maximum Gasteiger partial charge on any atom is 0.330 e. The lowest BCUT2D eigenvalue weighted by atomic mass is 10.2. The van der Waals surface area contributed by atoms with Gasteiger partial charge in [0, 0.05) is 12.6 Å². The average molecular weight is 233 g/mol. The van der Waals surface area contributed by atoms with Crippen LogP contribution in [0.5, 0.6) is 0 Å². The highest BCUT2D eigenvalue weighted by atomic mass is 16.5. The Morgan fingerprint density at radius 2 is 2.06 bits per heavy atom. The molecule has 1 aromatic carbocycles. The highest BCUT2D eigenvalue weighted by molar-refractivity contribution is 5.86. The van der Waals surface area contributed by atoms with Gasteiger partial charge in [0.25, 0.3) is 0 Å². The Balaban J connectivity index is 2.19. The molecule has 0 saturated heterocycles. The van der Waals surface area contributed by atoms with E-state index in [2.05, 4.69) is 12.2 Å². The van der Waals surface area contributed by atoms with Gasteiger partial charge in [-0.25, -0.2) is 4.79 Å². The smallest absolute Gasteiger partial charge is 0.330 e. The molecule has 1 N–H and O–H groups in total. The fourth-order valence-corrected chi connectivity index (χ4v) is 1.30. The van der Waals surface area contributed by atoms with E-state index in [0.29, 0.717) is 13.2 Å². The molecule has 0 spiro atoms. The van der Waals surface area contributed by atoms with Gasteiger partial charge in [0.15, 0.2) is 0 Å². The second kappa shape index (κ2) is 8.53. The van der Waals surface area contributed by atoms with E-state index in [1.807, 2.05) is 30.3 Å². The summed E-state index contributed by atoms with van der Waals surface area (Å²) in [6, 6.07) is 9.67. The Bertz CT molecular complexity index is 346. The number of rotatable bonds is 7. The van der Waals surface area contributed by atoms with E-state index in [4.69, 9.17) is 4.74 Å². The Hall–Kier alpha value is -1.61. The molecule has 0 saturated carbocycles. The maximum absolute atomic E-state index is 11.3. The van der Waals surface area contributed by atoms with Crippen LogP contribution in [-0.2, 0) is 9.53 Å². The predicted molar refractivity (Wildman–Crippen MR) is 69.6 cm³/mol. The lowest BCUT2D eigenvalue weighted by Gasteiger charge is -2.02. The summed E-state index contributed by atoms with van der Waals surface area (Å²) in [5, 5.41) is 3.16. The van der Waals surface area contributed by atoms with Crippen LogP contribution in [0.3, 0.4) is 0 Å². The van der Waals surface area contributed by atoms with Gasteiger partial charge in [0.1, 0.15) is 6.61 Å². The molecule has 1 aromatic rings. The van der Waals surface area contributed by atoms with Crippen molar-refractivity contribution in [2.24, 2.45) is 0 Å². The van der Waals surface area contributed by atoms with Crippen molar-refractivity contribution in [3.8, 4) is 0 Å². The van der Waals surface area contributed by atoms with Crippen molar-refractivity contribution in [1.29, 1.82) is 0 Å². The quantitative estimate of drug-likeness (QED) is 0.446. The number of hydrogen-bond acceptors (Lipinski definition) is 3. The van der Waals surface area contributed by atoms with Crippen LogP contribution in [0.25, 0.3) is 6.08 Å². The summed E-state index contributed by atoms with van der Waals surface area (Å²) in [6.45, 7) is 4.18. The van der Waals surface area contributed by atoms with Crippen molar-refractivity contribution in [3.63, 3.8) is 0 Å². The molecule has 0 radical (unpaired) electrons. The highest BCUT2D eigenvalue weighted by Crippen LogP contribution is 2.00. The topological polar surface area (TPSA) is 38.3 Å². The van der Waals surface area contributed by atoms with Gasteiger partial charge in [0.05, 0.1) is 0 Å². The van der Waals surface area contributed by atoms with Gasteiger partial charge in [0.2, 0.25) is 0 Å². The second-order valence-electron chi connectivity index (χ2n) is 3.66. The first-order valence-corrected chi connectivity index (χ1v) is 5.93. The van der Waals surface area contributed by atoms with E-state index in [1.54, 1.807) is 6.08 Å². The fraction of sp³-hybridized carbons (Fsp3) is 0.357. The van der Waals surface area contributed by atoms with Gasteiger partial charge in [-0.3, -0.25) is 0 Å². The molecule has 0 aromatic heterocycles. The van der Waals surface area contributed by atoms with Crippen LogP contribution in [0.2, 0.25) is 0 Å². The number of carbonyl (C=O) groups excluding carboxylic acids is 1. The molecular formula is C14H19NO2. The minimum Gasteiger partial charge on any atom is -0.461 e. The molecule has 3 heteroatoms. The van der Waals surface area contributed by atoms with Crippen molar-refractivity contribution < 1.29 is 9.53 Å². The van der Waals surface area contributed by atoms with Crippen LogP contribution in [0.4, 0.5) is 0 Å². The van der Waals surface area contributed by atoms with E-state index in [0.717, 1.165) is 18.5 Å². The molecule has 1 rings (SSSR count). The first-order chi connectivity index (χ1) is 8.33. The maximum atomic E-state index is 11.3. The van der Waals surface area contributed by atoms with Crippen LogP contribution in [0.1, 0.15) is 18.9 Å². The van der Waals surface area contributed by atoms with E-state index in [9.17, 15) is 4.79 Å². The Kier molecular flexibility index (Phi) is 6.75. The van der Waals surface area contributed by atoms with Crippen molar-refractivity contribution in [2.75, 3.05) is 19.7 Å². The van der Waals surface area contributed by atoms with E-state index in [-0.39, 0.29) is 5.97 Å². The van der Waals surface area contributed by atoms with Crippen molar-refractivity contribution >= 4 is 12.0 Å². The Morgan fingerprint density at radius 3 is 2.76 bits per heavy atom. The molecule has 92 valence electrons. The number of hydrogen-bond donors (Lipinski definition) is 1. The summed E-state index contributed by atoms with van der Waals surface area (Å²) < 4.78 is 5.02. The summed E-state index contributed by atoms with van der Waals surface area (Å²) in [4.78, 5) is 11.3. The highest BCUT2D eigenvalue weighted by Gasteiger charge is 1.95. The van der Waals surface area contributed by atoms with E-state index < -0.39 is 0 Å². The van der Waals surface area contributed by atoms with Gasteiger partial charge in [-0.2, -0.15) is 0 Å². The third kappa shape index (κ3) is 6.53. The molecule has 0 fully saturated rings. The summed E-state index contributed by atoms with van der Waals surface area (Å²) >= 11 is 0. The Labute approximate surface area is 102 Å². The van der Waals surface area contributed by atoms with Crippen LogP contribution < -0.4 is 5.32 Å². The zero-order valence-corrected chi connectivity index (χ0v) is 10.2. The van der Waals surface area contributed by atoms with Crippen LogP contribution >= 0.6 is 0 Å². The van der Waals surface area contributed by atoms with Gasteiger partial charge < -0.3 is 10.1 Å². The standard InChI is InChI=1S/C14H19NO2/c1-2-10-15-11-12-17-14(16)9-8-13-6-4-3-5-7-13/h3-9,15H,2,10-12H2,1H3/b9-8+. The number of nitrogens with one attached hydrogen (secondary N) is 1. The zero-order chi connectivity index (χ0) is 12.3. The normalized spacial score (nSPS) is 10.6. The monoisotopic (exact) mass is 233 g/mol. The van der Waals surface area contributed by atoms with Crippen molar-refractivity contribution in [1.82, 2.24) is 5.32 Å². The molecule has 3 nitrogen and oxygen atoms in total. The minimum absolute atomic E-state index is 0.299. The third-order valence-corrected chi connectivity index (χ3v) is 2.16. The largest absolute Gasteiger partial charge is 0.461 e. The van der Waals surface area contributed by atoms with Crippen LogP contribution in [-0.4, -0.2) is 25.7 Å². The average Bonchev–Trinajstić information content (AvgIpc) is 2.37. The SMILES string of the molecule is CCCNCCOC(=O)/C=C/c1ccccc1. The summed E-state index contributed by atoms with van der Waals surface area (Å²) in [5.74, 6) is -0.299. The molecule has 0 aliphatic carbocycles.